The fraction of sp³-hybridized carbons (Fsp3) is 0.923. The van der Waals surface area contributed by atoms with E-state index >= 15 is 0 Å². The van der Waals surface area contributed by atoms with Gasteiger partial charge in [0.05, 0.1) is 0 Å². The second kappa shape index (κ2) is 9.01. The summed E-state index contributed by atoms with van der Waals surface area (Å²) in [6, 6.07) is 0.601. The average Bonchev–Trinajstić information content (AvgIpc) is 2.87. The molecule has 0 aromatic heterocycles. The largest absolute Gasteiger partial charge is 0.341 e. The minimum atomic E-state index is -0.0184. The Morgan fingerprint density at radius 2 is 1.84 bits per heavy atom. The SMILES string of the molecule is CC(CN)C(=O)N1CCC(N2CCCCC2)C1.Cl.Cl. The topological polar surface area (TPSA) is 49.6 Å². The summed E-state index contributed by atoms with van der Waals surface area (Å²) in [6.45, 7) is 6.67. The summed E-state index contributed by atoms with van der Waals surface area (Å²) in [5, 5.41) is 0. The maximum atomic E-state index is 12.0. The van der Waals surface area contributed by atoms with Gasteiger partial charge in [-0.05, 0) is 32.4 Å². The van der Waals surface area contributed by atoms with E-state index in [4.69, 9.17) is 5.73 Å². The molecule has 2 heterocycles. The standard InChI is InChI=1S/C13H25N3O.2ClH/c1-11(9-14)13(17)16-8-5-12(10-16)15-6-3-2-4-7-15;;/h11-12H,2-10,14H2,1H3;2*1H. The smallest absolute Gasteiger partial charge is 0.226 e. The van der Waals surface area contributed by atoms with Crippen molar-refractivity contribution in [2.75, 3.05) is 32.7 Å². The van der Waals surface area contributed by atoms with E-state index in [0.29, 0.717) is 12.6 Å². The number of carbonyl (C=O) groups is 1. The first-order valence-electron chi connectivity index (χ1n) is 6.95. The monoisotopic (exact) mass is 311 g/mol. The highest BCUT2D eigenvalue weighted by molar-refractivity contribution is 5.85. The first-order valence-corrected chi connectivity index (χ1v) is 6.95. The molecule has 2 rings (SSSR count). The number of carbonyl (C=O) groups excluding carboxylic acids is 1. The van der Waals surface area contributed by atoms with Crippen LogP contribution in [0.2, 0.25) is 0 Å². The highest BCUT2D eigenvalue weighted by Gasteiger charge is 2.32. The molecule has 114 valence electrons. The Labute approximate surface area is 128 Å². The van der Waals surface area contributed by atoms with E-state index in [2.05, 4.69) is 4.90 Å². The van der Waals surface area contributed by atoms with Gasteiger partial charge in [0.15, 0.2) is 0 Å². The van der Waals surface area contributed by atoms with Gasteiger partial charge in [0, 0.05) is 31.6 Å². The van der Waals surface area contributed by atoms with Gasteiger partial charge in [-0.3, -0.25) is 9.69 Å². The van der Waals surface area contributed by atoms with Crippen LogP contribution in [0.25, 0.3) is 0 Å². The zero-order valence-electron chi connectivity index (χ0n) is 11.7. The number of hydrogen-bond acceptors (Lipinski definition) is 3. The second-order valence-corrected chi connectivity index (χ2v) is 5.46. The van der Waals surface area contributed by atoms with Crippen molar-refractivity contribution in [2.24, 2.45) is 11.7 Å². The lowest BCUT2D eigenvalue weighted by molar-refractivity contribution is -0.133. The van der Waals surface area contributed by atoms with Crippen molar-refractivity contribution < 1.29 is 4.79 Å². The van der Waals surface area contributed by atoms with E-state index in [0.717, 1.165) is 19.5 Å². The molecule has 6 heteroatoms. The Hall–Kier alpha value is -0.0300. The van der Waals surface area contributed by atoms with Crippen molar-refractivity contribution in [3.63, 3.8) is 0 Å². The van der Waals surface area contributed by atoms with Gasteiger partial charge >= 0.3 is 0 Å². The van der Waals surface area contributed by atoms with Crippen LogP contribution < -0.4 is 5.73 Å². The quantitative estimate of drug-likeness (QED) is 0.859. The number of hydrogen-bond donors (Lipinski definition) is 1. The van der Waals surface area contributed by atoms with Crippen LogP contribution in [-0.4, -0.2) is 54.5 Å². The van der Waals surface area contributed by atoms with E-state index in [-0.39, 0.29) is 36.6 Å². The molecule has 19 heavy (non-hydrogen) atoms. The summed E-state index contributed by atoms with van der Waals surface area (Å²) in [5.74, 6) is 0.224. The van der Waals surface area contributed by atoms with Gasteiger partial charge in [0.2, 0.25) is 5.91 Å². The molecule has 0 radical (unpaired) electrons. The van der Waals surface area contributed by atoms with E-state index in [9.17, 15) is 4.79 Å². The minimum Gasteiger partial charge on any atom is -0.341 e. The molecule has 2 unspecified atom stereocenters. The lowest BCUT2D eigenvalue weighted by Crippen LogP contribution is -2.43. The molecular formula is C13H27Cl2N3O. The molecule has 0 aromatic carbocycles. The average molecular weight is 312 g/mol. The van der Waals surface area contributed by atoms with Crippen molar-refractivity contribution in [3.8, 4) is 0 Å². The molecule has 2 aliphatic heterocycles. The third-order valence-electron chi connectivity index (χ3n) is 4.16. The Balaban J connectivity index is 0.00000162. The molecule has 0 aromatic rings. The fourth-order valence-electron chi connectivity index (χ4n) is 2.94. The zero-order valence-corrected chi connectivity index (χ0v) is 13.3. The second-order valence-electron chi connectivity index (χ2n) is 5.46. The third kappa shape index (κ3) is 4.78. The Bertz CT molecular complexity index is 273. The van der Waals surface area contributed by atoms with Crippen LogP contribution in [0.1, 0.15) is 32.6 Å². The van der Waals surface area contributed by atoms with Crippen LogP contribution in [0.15, 0.2) is 0 Å². The maximum Gasteiger partial charge on any atom is 0.226 e. The van der Waals surface area contributed by atoms with Crippen LogP contribution in [0.4, 0.5) is 0 Å². The molecule has 0 saturated carbocycles. The van der Waals surface area contributed by atoms with Gasteiger partial charge in [0.25, 0.3) is 0 Å². The van der Waals surface area contributed by atoms with E-state index < -0.39 is 0 Å². The molecule has 2 fully saturated rings. The third-order valence-corrected chi connectivity index (χ3v) is 4.16. The predicted octanol–water partition coefficient (Wildman–Crippen LogP) is 1.51. The first kappa shape index (κ1) is 19.0. The summed E-state index contributed by atoms with van der Waals surface area (Å²) in [4.78, 5) is 16.6. The number of piperidine rings is 1. The molecule has 2 saturated heterocycles. The first-order chi connectivity index (χ1) is 8.22. The molecule has 0 bridgehead atoms. The summed E-state index contributed by atoms with van der Waals surface area (Å²) >= 11 is 0. The van der Waals surface area contributed by atoms with E-state index in [1.54, 1.807) is 0 Å². The van der Waals surface area contributed by atoms with Crippen LogP contribution >= 0.6 is 24.8 Å². The number of halogens is 2. The number of likely N-dealkylation sites (tertiary alicyclic amines) is 2. The molecule has 2 aliphatic rings. The van der Waals surface area contributed by atoms with Crippen LogP contribution in [0.5, 0.6) is 0 Å². The van der Waals surface area contributed by atoms with E-state index in [1.165, 1.54) is 32.4 Å². The molecule has 0 spiro atoms. The maximum absolute atomic E-state index is 12.0. The Morgan fingerprint density at radius 1 is 1.21 bits per heavy atom. The summed E-state index contributed by atoms with van der Waals surface area (Å²) in [6.07, 6.45) is 5.16. The molecular weight excluding hydrogens is 285 g/mol. The van der Waals surface area contributed by atoms with Crippen molar-refractivity contribution >= 4 is 30.7 Å². The van der Waals surface area contributed by atoms with Gasteiger partial charge in [0.1, 0.15) is 0 Å². The number of nitrogens with zero attached hydrogens (tertiary/aromatic N) is 2. The molecule has 2 atom stereocenters. The summed E-state index contributed by atoms with van der Waals surface area (Å²) in [5.41, 5.74) is 5.56. The molecule has 4 nitrogen and oxygen atoms in total. The molecule has 1 amide bonds. The van der Waals surface area contributed by atoms with E-state index in [1.807, 2.05) is 11.8 Å². The van der Waals surface area contributed by atoms with Gasteiger partial charge in [-0.2, -0.15) is 0 Å². The lowest BCUT2D eigenvalue weighted by atomic mass is 10.1. The molecule has 0 aliphatic carbocycles. The summed E-state index contributed by atoms with van der Waals surface area (Å²) < 4.78 is 0. The lowest BCUT2D eigenvalue weighted by Gasteiger charge is -2.32. The van der Waals surface area contributed by atoms with Crippen LogP contribution in [0.3, 0.4) is 0 Å². The Morgan fingerprint density at radius 3 is 2.42 bits per heavy atom. The van der Waals surface area contributed by atoms with Crippen molar-refractivity contribution in [2.45, 2.75) is 38.6 Å². The highest BCUT2D eigenvalue weighted by Crippen LogP contribution is 2.21. The number of nitrogens with two attached hydrogens (primary N) is 1. The van der Waals surface area contributed by atoms with Crippen molar-refractivity contribution in [3.05, 3.63) is 0 Å². The zero-order chi connectivity index (χ0) is 12.3. The highest BCUT2D eigenvalue weighted by atomic mass is 35.5. The van der Waals surface area contributed by atoms with Crippen LogP contribution in [-0.2, 0) is 4.79 Å². The van der Waals surface area contributed by atoms with Gasteiger partial charge < -0.3 is 10.6 Å². The van der Waals surface area contributed by atoms with Crippen LogP contribution in [0, 0.1) is 5.92 Å². The number of rotatable bonds is 3. The van der Waals surface area contributed by atoms with Gasteiger partial charge in [-0.15, -0.1) is 24.8 Å². The molecule has 2 N–H and O–H groups in total. The predicted molar refractivity (Wildman–Crippen MR) is 83.1 cm³/mol. The summed E-state index contributed by atoms with van der Waals surface area (Å²) in [7, 11) is 0. The minimum absolute atomic E-state index is 0. The fourth-order valence-corrected chi connectivity index (χ4v) is 2.94. The van der Waals surface area contributed by atoms with Gasteiger partial charge in [-0.25, -0.2) is 0 Å². The number of amides is 1. The Kier molecular flexibility index (Phi) is 8.99. The van der Waals surface area contributed by atoms with Crippen molar-refractivity contribution in [1.29, 1.82) is 0 Å². The van der Waals surface area contributed by atoms with Crippen molar-refractivity contribution in [1.82, 2.24) is 9.80 Å². The normalized spacial score (nSPS) is 25.4. The van der Waals surface area contributed by atoms with Gasteiger partial charge in [-0.1, -0.05) is 13.3 Å².